The van der Waals surface area contributed by atoms with Crippen molar-refractivity contribution >= 4 is 14.1 Å². The van der Waals surface area contributed by atoms with E-state index in [4.69, 9.17) is 4.43 Å². The maximum Gasteiger partial charge on any atom is 0.201 e. The van der Waals surface area contributed by atoms with Crippen molar-refractivity contribution in [3.63, 3.8) is 0 Å². The summed E-state index contributed by atoms with van der Waals surface area (Å²) >= 11 is 0. The molecule has 1 aliphatic rings. The second kappa shape index (κ2) is 5.53. The molecule has 19 heavy (non-hydrogen) atoms. The van der Waals surface area contributed by atoms with Crippen LogP contribution in [0.3, 0.4) is 0 Å². The Hall–Kier alpha value is -0.413. The molecule has 1 aliphatic carbocycles. The molecule has 1 saturated carbocycles. The Labute approximate surface area is 119 Å². The first-order chi connectivity index (χ1) is 8.55. The van der Waals surface area contributed by atoms with Crippen molar-refractivity contribution in [3.05, 3.63) is 12.2 Å². The van der Waals surface area contributed by atoms with Gasteiger partial charge < -0.3 is 4.43 Å². The van der Waals surface area contributed by atoms with Gasteiger partial charge in [-0.25, -0.2) is 0 Å². The molecular weight excluding hydrogens is 252 g/mol. The molecule has 1 atom stereocenters. The summed E-state index contributed by atoms with van der Waals surface area (Å²) in [5.41, 5.74) is 2.07. The molecule has 0 amide bonds. The van der Waals surface area contributed by atoms with Gasteiger partial charge in [0.15, 0.2) is 5.78 Å². The Morgan fingerprint density at radius 1 is 1.05 bits per heavy atom. The maximum absolute atomic E-state index is 11.8. The molecule has 0 N–H and O–H groups in total. The Kier molecular flexibility index (Phi) is 4.84. The van der Waals surface area contributed by atoms with Crippen LogP contribution in [-0.4, -0.2) is 19.7 Å². The standard InChI is InChI=1S/C16H30O2Si/c1-11(2)19(12(3)4,13(5)6)18-16(8)9-14(7)15(17)10-16/h11-13H,7,9-10H2,1-6,8H3. The molecule has 110 valence electrons. The minimum absolute atomic E-state index is 0.182. The summed E-state index contributed by atoms with van der Waals surface area (Å²) in [6, 6.07) is 0. The Morgan fingerprint density at radius 2 is 1.47 bits per heavy atom. The second-order valence-corrected chi connectivity index (χ2v) is 12.6. The molecule has 1 rings (SSSR count). The van der Waals surface area contributed by atoms with Crippen molar-refractivity contribution in [1.82, 2.24) is 0 Å². The highest BCUT2D eigenvalue weighted by Crippen LogP contribution is 2.47. The van der Waals surface area contributed by atoms with E-state index in [1.165, 1.54) is 0 Å². The van der Waals surface area contributed by atoms with Gasteiger partial charge in [-0.1, -0.05) is 48.1 Å². The molecule has 0 spiro atoms. The van der Waals surface area contributed by atoms with E-state index in [0.29, 0.717) is 29.5 Å². The van der Waals surface area contributed by atoms with Crippen LogP contribution < -0.4 is 0 Å². The molecule has 0 saturated heterocycles. The third kappa shape index (κ3) is 3.02. The summed E-state index contributed by atoms with van der Waals surface area (Å²) in [6.07, 6.45) is 1.21. The van der Waals surface area contributed by atoms with Crippen molar-refractivity contribution in [3.8, 4) is 0 Å². The molecule has 0 aromatic heterocycles. The molecule has 1 fully saturated rings. The van der Waals surface area contributed by atoms with Gasteiger partial charge in [0.05, 0.1) is 5.60 Å². The number of hydrogen-bond acceptors (Lipinski definition) is 2. The van der Waals surface area contributed by atoms with E-state index in [1.54, 1.807) is 0 Å². The van der Waals surface area contributed by atoms with Gasteiger partial charge in [0.1, 0.15) is 0 Å². The Balaban J connectivity index is 3.09. The molecule has 0 bridgehead atoms. The smallest absolute Gasteiger partial charge is 0.201 e. The van der Waals surface area contributed by atoms with Crippen LogP contribution in [0.15, 0.2) is 12.2 Å². The van der Waals surface area contributed by atoms with Crippen molar-refractivity contribution in [2.75, 3.05) is 0 Å². The first-order valence-electron chi connectivity index (χ1n) is 7.46. The van der Waals surface area contributed by atoms with Gasteiger partial charge in [0, 0.05) is 12.8 Å². The molecule has 0 radical (unpaired) electrons. The Bertz CT molecular complexity index is 331. The highest BCUT2D eigenvalue weighted by Gasteiger charge is 2.51. The predicted molar refractivity (Wildman–Crippen MR) is 83.9 cm³/mol. The minimum atomic E-state index is -1.92. The second-order valence-electron chi connectivity index (χ2n) is 7.25. The fourth-order valence-electron chi connectivity index (χ4n) is 3.93. The van der Waals surface area contributed by atoms with Gasteiger partial charge in [-0.15, -0.1) is 0 Å². The topological polar surface area (TPSA) is 26.3 Å². The molecule has 1 unspecified atom stereocenters. The third-order valence-electron chi connectivity index (χ3n) is 4.65. The third-order valence-corrected chi connectivity index (χ3v) is 10.9. The lowest BCUT2D eigenvalue weighted by atomic mass is 10.1. The SMILES string of the molecule is C=C1CC(C)(O[Si](C(C)C)(C(C)C)C(C)C)CC1=O. The van der Waals surface area contributed by atoms with E-state index in [0.717, 1.165) is 5.57 Å². The van der Waals surface area contributed by atoms with Crippen molar-refractivity contribution < 1.29 is 9.22 Å². The van der Waals surface area contributed by atoms with E-state index in [-0.39, 0.29) is 11.4 Å². The lowest BCUT2D eigenvalue weighted by Crippen LogP contribution is -2.53. The molecular formula is C16H30O2Si. The average Bonchev–Trinajstić information content (AvgIpc) is 2.48. The lowest BCUT2D eigenvalue weighted by molar-refractivity contribution is -0.116. The molecule has 2 nitrogen and oxygen atoms in total. The quantitative estimate of drug-likeness (QED) is 0.532. The summed E-state index contributed by atoms with van der Waals surface area (Å²) in [6.45, 7) is 19.6. The van der Waals surface area contributed by atoms with E-state index < -0.39 is 8.32 Å². The summed E-state index contributed by atoms with van der Waals surface area (Å²) in [7, 11) is -1.92. The van der Waals surface area contributed by atoms with Crippen molar-refractivity contribution in [2.24, 2.45) is 0 Å². The van der Waals surface area contributed by atoms with Crippen molar-refractivity contribution in [2.45, 2.75) is 83.5 Å². The summed E-state index contributed by atoms with van der Waals surface area (Å²) in [5.74, 6) is 0.182. The number of rotatable bonds is 5. The zero-order valence-corrected chi connectivity index (χ0v) is 14.7. The molecule has 3 heteroatoms. The van der Waals surface area contributed by atoms with Crippen LogP contribution in [0.5, 0.6) is 0 Å². The average molecular weight is 282 g/mol. The normalized spacial score (nSPS) is 25.2. The van der Waals surface area contributed by atoms with E-state index in [9.17, 15) is 4.79 Å². The van der Waals surface area contributed by atoms with Gasteiger partial charge in [-0.3, -0.25) is 4.79 Å². The van der Waals surface area contributed by atoms with Gasteiger partial charge >= 0.3 is 0 Å². The molecule has 0 aromatic rings. The highest BCUT2D eigenvalue weighted by molar-refractivity contribution is 6.77. The van der Waals surface area contributed by atoms with E-state index in [1.807, 2.05) is 0 Å². The Morgan fingerprint density at radius 3 is 1.74 bits per heavy atom. The van der Waals surface area contributed by atoms with Gasteiger partial charge in [-0.2, -0.15) is 0 Å². The highest BCUT2D eigenvalue weighted by atomic mass is 28.4. The van der Waals surface area contributed by atoms with Crippen LogP contribution in [0.1, 0.15) is 61.3 Å². The van der Waals surface area contributed by atoms with Crippen LogP contribution in [-0.2, 0) is 9.22 Å². The first kappa shape index (κ1) is 16.6. The zero-order chi connectivity index (χ0) is 15.0. The molecule has 0 aromatic carbocycles. The summed E-state index contributed by atoms with van der Waals surface area (Å²) in [4.78, 5) is 11.8. The number of carbonyl (C=O) groups is 1. The predicted octanol–water partition coefficient (Wildman–Crippen LogP) is 4.86. The lowest BCUT2D eigenvalue weighted by Gasteiger charge is -2.47. The van der Waals surface area contributed by atoms with E-state index >= 15 is 0 Å². The van der Waals surface area contributed by atoms with Gasteiger partial charge in [0.25, 0.3) is 0 Å². The number of carbonyl (C=O) groups excluding carboxylic acids is 1. The van der Waals surface area contributed by atoms with E-state index in [2.05, 4.69) is 55.0 Å². The number of Topliss-reactive ketones (excluding diaryl/α,β-unsaturated/α-hetero) is 1. The maximum atomic E-state index is 11.8. The largest absolute Gasteiger partial charge is 0.410 e. The molecule has 0 heterocycles. The monoisotopic (exact) mass is 282 g/mol. The zero-order valence-electron chi connectivity index (χ0n) is 13.7. The van der Waals surface area contributed by atoms with Crippen molar-refractivity contribution in [1.29, 1.82) is 0 Å². The number of ketones is 1. The van der Waals surface area contributed by atoms with Crippen LogP contribution in [0.4, 0.5) is 0 Å². The van der Waals surface area contributed by atoms with Crippen LogP contribution in [0.25, 0.3) is 0 Å². The first-order valence-corrected chi connectivity index (χ1v) is 9.60. The van der Waals surface area contributed by atoms with Gasteiger partial charge in [-0.05, 0) is 29.1 Å². The fraction of sp³-hybridized carbons (Fsp3) is 0.812. The van der Waals surface area contributed by atoms with Gasteiger partial charge in [0.2, 0.25) is 8.32 Å². The number of hydrogen-bond donors (Lipinski definition) is 0. The van der Waals surface area contributed by atoms with Crippen LogP contribution >= 0.6 is 0 Å². The molecule has 0 aliphatic heterocycles. The summed E-state index contributed by atoms with van der Waals surface area (Å²) in [5, 5.41) is 0. The minimum Gasteiger partial charge on any atom is -0.410 e. The fourth-order valence-corrected chi connectivity index (χ4v) is 9.63. The van der Waals surface area contributed by atoms with Crippen LogP contribution in [0.2, 0.25) is 16.6 Å². The van der Waals surface area contributed by atoms with Crippen LogP contribution in [0, 0.1) is 0 Å². The summed E-state index contributed by atoms with van der Waals surface area (Å²) < 4.78 is 6.77.